The lowest BCUT2D eigenvalue weighted by molar-refractivity contribution is -0.120. The number of para-hydroxylation sites is 1. The molecular formula is C24H27N3OS. The van der Waals surface area contributed by atoms with Gasteiger partial charge in [-0.05, 0) is 63.9 Å². The predicted molar refractivity (Wildman–Crippen MR) is 122 cm³/mol. The zero-order valence-corrected chi connectivity index (χ0v) is 18.4. The molecule has 0 aliphatic heterocycles. The molecule has 5 heteroatoms. The van der Waals surface area contributed by atoms with Gasteiger partial charge in [0.25, 0.3) is 5.91 Å². The van der Waals surface area contributed by atoms with Gasteiger partial charge in [-0.15, -0.1) is 11.8 Å². The van der Waals surface area contributed by atoms with Gasteiger partial charge < -0.3 is 4.57 Å². The Hall–Kier alpha value is -2.79. The van der Waals surface area contributed by atoms with Crippen LogP contribution in [0.2, 0.25) is 0 Å². The summed E-state index contributed by atoms with van der Waals surface area (Å²) in [5.41, 5.74) is 9.58. The fourth-order valence-electron chi connectivity index (χ4n) is 3.43. The van der Waals surface area contributed by atoms with Crippen molar-refractivity contribution in [1.29, 1.82) is 0 Å². The normalized spacial score (nSPS) is 12.3. The van der Waals surface area contributed by atoms with Crippen molar-refractivity contribution in [3.05, 3.63) is 82.7 Å². The molecule has 0 aliphatic rings. The van der Waals surface area contributed by atoms with Gasteiger partial charge in [0.15, 0.2) is 0 Å². The second kappa shape index (κ2) is 9.14. The Kier molecular flexibility index (Phi) is 6.60. The van der Waals surface area contributed by atoms with E-state index in [2.05, 4.69) is 67.1 Å². The molecule has 0 unspecified atom stereocenters. The second-order valence-corrected chi connectivity index (χ2v) is 8.62. The van der Waals surface area contributed by atoms with Crippen molar-refractivity contribution < 1.29 is 4.79 Å². The van der Waals surface area contributed by atoms with Gasteiger partial charge in [-0.1, -0.05) is 36.4 Å². The van der Waals surface area contributed by atoms with Crippen LogP contribution in [-0.4, -0.2) is 21.9 Å². The van der Waals surface area contributed by atoms with E-state index in [9.17, 15) is 4.79 Å². The molecule has 1 atom stereocenters. The van der Waals surface area contributed by atoms with Crippen molar-refractivity contribution in [2.75, 3.05) is 0 Å². The van der Waals surface area contributed by atoms with Gasteiger partial charge in [0, 0.05) is 21.8 Å². The van der Waals surface area contributed by atoms with Crippen molar-refractivity contribution >= 4 is 23.9 Å². The highest BCUT2D eigenvalue weighted by Crippen LogP contribution is 2.25. The molecule has 4 nitrogen and oxygen atoms in total. The molecule has 3 aromatic rings. The molecule has 0 bridgehead atoms. The summed E-state index contributed by atoms with van der Waals surface area (Å²) >= 11 is 1.52. The van der Waals surface area contributed by atoms with Crippen LogP contribution in [0.1, 0.15) is 35.0 Å². The molecule has 1 heterocycles. The van der Waals surface area contributed by atoms with Crippen LogP contribution in [0.5, 0.6) is 0 Å². The van der Waals surface area contributed by atoms with E-state index < -0.39 is 0 Å². The van der Waals surface area contributed by atoms with Gasteiger partial charge >= 0.3 is 0 Å². The first-order chi connectivity index (χ1) is 13.9. The van der Waals surface area contributed by atoms with E-state index in [1.807, 2.05) is 37.3 Å². The maximum absolute atomic E-state index is 12.4. The maximum atomic E-state index is 12.4. The quantitative estimate of drug-likeness (QED) is 0.342. The van der Waals surface area contributed by atoms with E-state index in [1.54, 1.807) is 6.21 Å². The zero-order chi connectivity index (χ0) is 21.0. The summed E-state index contributed by atoms with van der Waals surface area (Å²) in [5, 5.41) is 3.98. The second-order valence-electron chi connectivity index (χ2n) is 7.21. The van der Waals surface area contributed by atoms with Crippen LogP contribution in [0.4, 0.5) is 0 Å². The van der Waals surface area contributed by atoms with Crippen LogP contribution >= 0.6 is 11.8 Å². The van der Waals surface area contributed by atoms with Gasteiger partial charge in [0.2, 0.25) is 0 Å². The van der Waals surface area contributed by atoms with E-state index >= 15 is 0 Å². The SMILES string of the molecule is Cc1cccc(C)c1-n1c(C)cc(/C=N\NC(=O)[C@H](C)Sc2ccccc2)c1C. The fraction of sp³-hybridized carbons (Fsp3) is 0.250. The molecule has 1 aromatic heterocycles. The molecule has 0 spiro atoms. The average Bonchev–Trinajstić information content (AvgIpc) is 2.96. The molecule has 0 saturated heterocycles. The number of hydrogen-bond donors (Lipinski definition) is 1. The minimum Gasteiger partial charge on any atom is -0.317 e. The third-order valence-electron chi connectivity index (χ3n) is 4.94. The Morgan fingerprint density at radius 3 is 2.34 bits per heavy atom. The summed E-state index contributed by atoms with van der Waals surface area (Å²) in [6, 6.07) is 18.3. The molecule has 1 N–H and O–H groups in total. The summed E-state index contributed by atoms with van der Waals surface area (Å²) in [7, 11) is 0. The average molecular weight is 406 g/mol. The van der Waals surface area contributed by atoms with Crippen molar-refractivity contribution in [2.24, 2.45) is 5.10 Å². The Bertz CT molecular complexity index is 1020. The lowest BCUT2D eigenvalue weighted by atomic mass is 10.1. The summed E-state index contributed by atoms with van der Waals surface area (Å²) < 4.78 is 2.25. The number of hydrogen-bond acceptors (Lipinski definition) is 3. The molecule has 0 radical (unpaired) electrons. The summed E-state index contributed by atoms with van der Waals surface area (Å²) in [6.45, 7) is 10.3. The summed E-state index contributed by atoms with van der Waals surface area (Å²) in [4.78, 5) is 13.4. The number of benzene rings is 2. The number of rotatable bonds is 6. The Morgan fingerprint density at radius 1 is 1.03 bits per heavy atom. The zero-order valence-electron chi connectivity index (χ0n) is 17.6. The molecule has 150 valence electrons. The molecule has 29 heavy (non-hydrogen) atoms. The summed E-state index contributed by atoms with van der Waals surface area (Å²) in [6.07, 6.45) is 1.73. The molecule has 3 rings (SSSR count). The minimum absolute atomic E-state index is 0.112. The van der Waals surface area contributed by atoms with Gasteiger partial charge in [-0.3, -0.25) is 4.79 Å². The number of amides is 1. The fourth-order valence-corrected chi connectivity index (χ4v) is 4.32. The van der Waals surface area contributed by atoms with Crippen molar-refractivity contribution in [3.8, 4) is 5.69 Å². The monoisotopic (exact) mass is 405 g/mol. The standard InChI is InChI=1S/C24H27N3OS/c1-16-10-9-11-17(2)23(16)27-18(3)14-21(19(27)4)15-25-26-24(28)20(5)29-22-12-7-6-8-13-22/h6-15,20H,1-5H3,(H,26,28)/b25-15-/t20-/m0/s1. The van der Waals surface area contributed by atoms with Gasteiger partial charge in [0.05, 0.1) is 17.2 Å². The van der Waals surface area contributed by atoms with Gasteiger partial charge in [0.1, 0.15) is 0 Å². The number of carbonyl (C=O) groups excluding carboxylic acids is 1. The lowest BCUT2D eigenvalue weighted by Crippen LogP contribution is -2.26. The lowest BCUT2D eigenvalue weighted by Gasteiger charge is -2.15. The van der Waals surface area contributed by atoms with Crippen LogP contribution in [0.3, 0.4) is 0 Å². The number of aryl methyl sites for hydroxylation is 3. The molecule has 0 fully saturated rings. The number of nitrogens with zero attached hydrogens (tertiary/aromatic N) is 2. The molecule has 2 aromatic carbocycles. The first kappa shape index (κ1) is 20.9. The Balaban J connectivity index is 1.72. The van der Waals surface area contributed by atoms with E-state index in [-0.39, 0.29) is 11.2 Å². The van der Waals surface area contributed by atoms with Crippen LogP contribution < -0.4 is 5.43 Å². The number of carbonyl (C=O) groups is 1. The highest BCUT2D eigenvalue weighted by Gasteiger charge is 2.15. The number of hydrazone groups is 1. The first-order valence-electron chi connectivity index (χ1n) is 9.68. The minimum atomic E-state index is -0.225. The molecule has 1 amide bonds. The third-order valence-corrected chi connectivity index (χ3v) is 6.05. The van der Waals surface area contributed by atoms with Crippen LogP contribution in [0, 0.1) is 27.7 Å². The molecule has 0 saturated carbocycles. The first-order valence-corrected chi connectivity index (χ1v) is 10.6. The van der Waals surface area contributed by atoms with Crippen LogP contribution in [0.25, 0.3) is 5.69 Å². The van der Waals surface area contributed by atoms with E-state index in [1.165, 1.54) is 28.6 Å². The highest BCUT2D eigenvalue weighted by molar-refractivity contribution is 8.00. The smallest absolute Gasteiger partial charge is 0.253 e. The molecule has 0 aliphatic carbocycles. The highest BCUT2D eigenvalue weighted by atomic mass is 32.2. The van der Waals surface area contributed by atoms with Crippen molar-refractivity contribution in [2.45, 2.75) is 44.8 Å². The number of aromatic nitrogens is 1. The van der Waals surface area contributed by atoms with Crippen LogP contribution in [0.15, 0.2) is 64.6 Å². The van der Waals surface area contributed by atoms with E-state index in [4.69, 9.17) is 0 Å². The molecular weight excluding hydrogens is 378 g/mol. The van der Waals surface area contributed by atoms with Crippen molar-refractivity contribution in [1.82, 2.24) is 9.99 Å². The largest absolute Gasteiger partial charge is 0.317 e. The summed E-state index contributed by atoms with van der Waals surface area (Å²) in [5.74, 6) is -0.112. The van der Waals surface area contributed by atoms with Gasteiger partial charge in [-0.2, -0.15) is 5.10 Å². The predicted octanol–water partition coefficient (Wildman–Crippen LogP) is 5.34. The van der Waals surface area contributed by atoms with Crippen molar-refractivity contribution in [3.63, 3.8) is 0 Å². The van der Waals surface area contributed by atoms with Gasteiger partial charge in [-0.25, -0.2) is 5.43 Å². The Morgan fingerprint density at radius 2 is 1.69 bits per heavy atom. The Labute approximate surface area is 177 Å². The van der Waals surface area contributed by atoms with E-state index in [0.717, 1.165) is 21.8 Å². The third kappa shape index (κ3) is 4.80. The topological polar surface area (TPSA) is 46.4 Å². The van der Waals surface area contributed by atoms with E-state index in [0.29, 0.717) is 0 Å². The number of nitrogens with one attached hydrogen (secondary N) is 1. The number of thioether (sulfide) groups is 1. The maximum Gasteiger partial charge on any atom is 0.253 e. The van der Waals surface area contributed by atoms with Crippen LogP contribution in [-0.2, 0) is 4.79 Å².